The molecule has 0 amide bonds. The number of alkyl halides is 3. The normalized spacial score (nSPS) is 16.6. The highest BCUT2D eigenvalue weighted by Crippen LogP contribution is 2.25. The summed E-state index contributed by atoms with van der Waals surface area (Å²) >= 11 is 0. The molecule has 3 aromatic rings. The number of hydrogen-bond acceptors (Lipinski definition) is 4. The summed E-state index contributed by atoms with van der Waals surface area (Å²) in [6, 6.07) is 15.5. The molecule has 30 heavy (non-hydrogen) atoms. The van der Waals surface area contributed by atoms with Gasteiger partial charge in [0, 0.05) is 32.9 Å². The molecule has 0 radical (unpaired) electrons. The number of nitrogens with zero attached hydrogens (tertiary/aromatic N) is 3. The van der Waals surface area contributed by atoms with Crippen molar-refractivity contribution in [3.05, 3.63) is 66.2 Å². The van der Waals surface area contributed by atoms with Crippen molar-refractivity contribution in [3.8, 4) is 0 Å². The average molecular weight is 421 g/mol. The van der Waals surface area contributed by atoms with Gasteiger partial charge in [0.2, 0.25) is 0 Å². The van der Waals surface area contributed by atoms with Crippen molar-refractivity contribution >= 4 is 16.7 Å². The van der Waals surface area contributed by atoms with E-state index in [0.717, 1.165) is 26.2 Å². The first kappa shape index (κ1) is 21.8. The maximum Gasteiger partial charge on any atom is 0.490 e. The van der Waals surface area contributed by atoms with E-state index in [1.54, 1.807) is 7.11 Å². The zero-order valence-electron chi connectivity index (χ0n) is 16.3. The van der Waals surface area contributed by atoms with Crippen molar-refractivity contribution in [1.29, 1.82) is 0 Å². The molecular weight excluding hydrogens is 399 g/mol. The Labute approximate surface area is 171 Å². The molecule has 1 aromatic heterocycles. The maximum atomic E-state index is 10.6. The molecule has 0 aliphatic carbocycles. The molecule has 160 valence electrons. The Hall–Kier alpha value is -2.91. The molecule has 0 bridgehead atoms. The molecule has 1 N–H and O–H groups in total. The topological polar surface area (TPSA) is 67.6 Å². The van der Waals surface area contributed by atoms with Crippen LogP contribution in [0.3, 0.4) is 0 Å². The van der Waals surface area contributed by atoms with Crippen LogP contribution in [0.5, 0.6) is 0 Å². The van der Waals surface area contributed by atoms with E-state index in [-0.39, 0.29) is 0 Å². The van der Waals surface area contributed by atoms with Gasteiger partial charge in [0.25, 0.3) is 0 Å². The maximum absolute atomic E-state index is 10.6. The number of fused-ring (bicyclic) bond motifs is 2. The van der Waals surface area contributed by atoms with Gasteiger partial charge in [-0.15, -0.1) is 0 Å². The van der Waals surface area contributed by atoms with E-state index in [4.69, 9.17) is 14.6 Å². The van der Waals surface area contributed by atoms with Crippen LogP contribution in [0.1, 0.15) is 17.3 Å². The average Bonchev–Trinajstić information content (AvgIpc) is 3.17. The predicted octanol–water partition coefficient (Wildman–Crippen LogP) is 3.87. The van der Waals surface area contributed by atoms with Gasteiger partial charge < -0.3 is 14.4 Å². The number of carboxylic acid groups (broad SMARTS) is 1. The Morgan fingerprint density at radius 2 is 1.93 bits per heavy atom. The molecule has 0 saturated heterocycles. The van der Waals surface area contributed by atoms with E-state index in [9.17, 15) is 13.2 Å². The highest BCUT2D eigenvalue weighted by Gasteiger charge is 2.38. The zero-order chi connectivity index (χ0) is 21.7. The third kappa shape index (κ3) is 5.17. The molecule has 1 atom stereocenters. The van der Waals surface area contributed by atoms with E-state index in [0.29, 0.717) is 6.04 Å². The van der Waals surface area contributed by atoms with Crippen LogP contribution in [0, 0.1) is 0 Å². The molecule has 0 fully saturated rings. The van der Waals surface area contributed by atoms with E-state index in [1.165, 1.54) is 22.0 Å². The molecule has 9 heteroatoms. The van der Waals surface area contributed by atoms with E-state index in [2.05, 4.69) is 56.9 Å². The Balaban J connectivity index is 0.000000318. The highest BCUT2D eigenvalue weighted by atomic mass is 19.4. The third-order valence-corrected chi connectivity index (χ3v) is 4.87. The molecule has 1 unspecified atom stereocenters. The number of rotatable bonds is 4. The standard InChI is InChI=1S/C19H21N3O.C2HF3O2/c1-23-13-18-12-21(11-17-9-20-14-22(17)18)10-16-7-4-6-15-5-2-3-8-19(15)16;3-2(4,5)1(6)7/h2-9,14,18H,10-13H2,1H3;(H,6,7). The van der Waals surface area contributed by atoms with Crippen LogP contribution in [-0.4, -0.2) is 52.0 Å². The molecule has 2 aromatic carbocycles. The number of carbonyl (C=O) groups is 1. The number of methoxy groups -OCH3 is 1. The number of benzene rings is 2. The first-order valence-electron chi connectivity index (χ1n) is 9.28. The van der Waals surface area contributed by atoms with Gasteiger partial charge in [0.1, 0.15) is 0 Å². The number of halogens is 3. The van der Waals surface area contributed by atoms with Crippen LogP contribution in [0.25, 0.3) is 10.8 Å². The third-order valence-electron chi connectivity index (χ3n) is 4.87. The second-order valence-corrected chi connectivity index (χ2v) is 7.01. The number of ether oxygens (including phenoxy) is 1. The summed E-state index contributed by atoms with van der Waals surface area (Å²) < 4.78 is 39.4. The lowest BCUT2D eigenvalue weighted by atomic mass is 10.0. The van der Waals surface area contributed by atoms with Crippen LogP contribution < -0.4 is 0 Å². The molecule has 1 aliphatic heterocycles. The minimum absolute atomic E-state index is 0.334. The first-order chi connectivity index (χ1) is 14.3. The van der Waals surface area contributed by atoms with Crippen LogP contribution >= 0.6 is 0 Å². The number of carboxylic acids is 1. The van der Waals surface area contributed by atoms with Crippen LogP contribution in [0.15, 0.2) is 55.0 Å². The van der Waals surface area contributed by atoms with Gasteiger partial charge >= 0.3 is 12.1 Å². The number of imidazole rings is 1. The summed E-state index contributed by atoms with van der Waals surface area (Å²) in [5.41, 5.74) is 2.64. The summed E-state index contributed by atoms with van der Waals surface area (Å²) in [5, 5.41) is 9.78. The summed E-state index contributed by atoms with van der Waals surface area (Å²) in [7, 11) is 1.76. The Morgan fingerprint density at radius 1 is 1.23 bits per heavy atom. The van der Waals surface area contributed by atoms with Gasteiger partial charge in [-0.25, -0.2) is 9.78 Å². The monoisotopic (exact) mass is 421 g/mol. The minimum atomic E-state index is -5.08. The van der Waals surface area contributed by atoms with Gasteiger partial charge in [-0.05, 0) is 16.3 Å². The first-order valence-corrected chi connectivity index (χ1v) is 9.28. The largest absolute Gasteiger partial charge is 0.490 e. The van der Waals surface area contributed by atoms with Crippen molar-refractivity contribution < 1.29 is 27.8 Å². The minimum Gasteiger partial charge on any atom is -0.475 e. The molecule has 0 saturated carbocycles. The molecule has 6 nitrogen and oxygen atoms in total. The Bertz CT molecular complexity index is 998. The van der Waals surface area contributed by atoms with Crippen LogP contribution in [0.2, 0.25) is 0 Å². The smallest absolute Gasteiger partial charge is 0.475 e. The van der Waals surface area contributed by atoms with Gasteiger partial charge in [-0.2, -0.15) is 13.2 Å². The number of hydrogen-bond donors (Lipinski definition) is 1. The lowest BCUT2D eigenvalue weighted by Gasteiger charge is -2.34. The SMILES string of the molecule is COCC1CN(Cc2cccc3ccccc23)Cc2cncn21.O=C(O)C(F)(F)F. The lowest BCUT2D eigenvalue weighted by molar-refractivity contribution is -0.192. The predicted molar refractivity (Wildman–Crippen MR) is 105 cm³/mol. The summed E-state index contributed by atoms with van der Waals surface area (Å²) in [4.78, 5) is 15.7. The van der Waals surface area contributed by atoms with Gasteiger partial charge in [0.15, 0.2) is 0 Å². The van der Waals surface area contributed by atoms with E-state index in [1.807, 2.05) is 12.5 Å². The number of aliphatic carboxylic acids is 1. The van der Waals surface area contributed by atoms with Crippen molar-refractivity contribution in [2.24, 2.45) is 0 Å². The molecule has 2 heterocycles. The van der Waals surface area contributed by atoms with E-state index >= 15 is 0 Å². The summed E-state index contributed by atoms with van der Waals surface area (Å²) in [6.07, 6.45) is -1.19. The molecule has 1 aliphatic rings. The summed E-state index contributed by atoms with van der Waals surface area (Å²) in [6.45, 7) is 3.59. The number of aromatic nitrogens is 2. The Kier molecular flexibility index (Phi) is 6.73. The Morgan fingerprint density at radius 3 is 2.63 bits per heavy atom. The molecule has 0 spiro atoms. The molecular formula is C21H22F3N3O3. The highest BCUT2D eigenvalue weighted by molar-refractivity contribution is 5.85. The quantitative estimate of drug-likeness (QED) is 0.693. The van der Waals surface area contributed by atoms with Crippen LogP contribution in [0.4, 0.5) is 13.2 Å². The fourth-order valence-corrected chi connectivity index (χ4v) is 3.58. The fraction of sp³-hybridized carbons (Fsp3) is 0.333. The van der Waals surface area contributed by atoms with Gasteiger partial charge in [-0.3, -0.25) is 4.90 Å². The van der Waals surface area contributed by atoms with Gasteiger partial charge in [0.05, 0.1) is 24.7 Å². The van der Waals surface area contributed by atoms with Crippen molar-refractivity contribution in [1.82, 2.24) is 14.5 Å². The van der Waals surface area contributed by atoms with Gasteiger partial charge in [-0.1, -0.05) is 42.5 Å². The second-order valence-electron chi connectivity index (χ2n) is 7.01. The zero-order valence-corrected chi connectivity index (χ0v) is 16.3. The fourth-order valence-electron chi connectivity index (χ4n) is 3.58. The van der Waals surface area contributed by atoms with Crippen molar-refractivity contribution in [2.45, 2.75) is 25.3 Å². The summed E-state index contributed by atoms with van der Waals surface area (Å²) in [5.74, 6) is -2.76. The molecule has 4 rings (SSSR count). The van der Waals surface area contributed by atoms with Crippen LogP contribution in [-0.2, 0) is 22.6 Å². The van der Waals surface area contributed by atoms with Crippen molar-refractivity contribution in [3.63, 3.8) is 0 Å². The second kappa shape index (κ2) is 9.27. The van der Waals surface area contributed by atoms with Crippen molar-refractivity contribution in [2.75, 3.05) is 20.3 Å². The lowest BCUT2D eigenvalue weighted by Crippen LogP contribution is -2.38. The van der Waals surface area contributed by atoms with E-state index < -0.39 is 12.1 Å².